The van der Waals surface area contributed by atoms with E-state index in [1.54, 1.807) is 28.6 Å². The molecule has 1 saturated carbocycles. The standard InChI is InChI=1S/C18H28N2O3S.ClH/c1-2-13-23-17-5-7-18(8-6-17)24(21,22)20-11-9-16(10-12-20)19-14-15-3-4-15;/h5-8,15-16,19H,2-4,9-14H2,1H3;1H. The minimum absolute atomic E-state index is 0. The number of sulfonamides is 1. The zero-order valence-electron chi connectivity index (χ0n) is 14.8. The third-order valence-corrected chi connectivity index (χ3v) is 6.69. The van der Waals surface area contributed by atoms with Gasteiger partial charge in [0.25, 0.3) is 0 Å². The van der Waals surface area contributed by atoms with Crippen LogP contribution in [0.1, 0.15) is 39.0 Å². The molecule has 2 fully saturated rings. The smallest absolute Gasteiger partial charge is 0.243 e. The van der Waals surface area contributed by atoms with Crippen molar-refractivity contribution in [1.29, 1.82) is 0 Å². The lowest BCUT2D eigenvalue weighted by Crippen LogP contribution is -2.45. The van der Waals surface area contributed by atoms with E-state index >= 15 is 0 Å². The summed E-state index contributed by atoms with van der Waals surface area (Å²) in [6, 6.07) is 7.25. The van der Waals surface area contributed by atoms with Gasteiger partial charge in [0.05, 0.1) is 11.5 Å². The maximum absolute atomic E-state index is 12.8. The van der Waals surface area contributed by atoms with Gasteiger partial charge in [0.1, 0.15) is 5.75 Å². The topological polar surface area (TPSA) is 58.6 Å². The zero-order chi connectivity index (χ0) is 17.0. The van der Waals surface area contributed by atoms with Crippen molar-refractivity contribution in [3.63, 3.8) is 0 Å². The van der Waals surface area contributed by atoms with Gasteiger partial charge in [-0.2, -0.15) is 4.31 Å². The number of rotatable bonds is 8. The molecule has 7 heteroatoms. The Morgan fingerprint density at radius 1 is 1.12 bits per heavy atom. The van der Waals surface area contributed by atoms with Crippen LogP contribution in [0.25, 0.3) is 0 Å². The molecule has 0 unspecified atom stereocenters. The van der Waals surface area contributed by atoms with Crippen molar-refractivity contribution in [3.05, 3.63) is 24.3 Å². The first-order valence-corrected chi connectivity index (χ1v) is 10.5. The maximum Gasteiger partial charge on any atom is 0.243 e. The number of halogens is 1. The third kappa shape index (κ3) is 5.58. The summed E-state index contributed by atoms with van der Waals surface area (Å²) in [5.74, 6) is 1.58. The Hall–Kier alpha value is -0.820. The van der Waals surface area contributed by atoms with E-state index in [9.17, 15) is 8.42 Å². The fourth-order valence-corrected chi connectivity index (χ4v) is 4.50. The molecule has 0 radical (unpaired) electrons. The largest absolute Gasteiger partial charge is 0.494 e. The summed E-state index contributed by atoms with van der Waals surface area (Å²) in [5.41, 5.74) is 0. The Balaban J connectivity index is 0.00000225. The molecule has 1 aliphatic carbocycles. The lowest BCUT2D eigenvalue weighted by Gasteiger charge is -2.31. The van der Waals surface area contributed by atoms with Gasteiger partial charge in [0.15, 0.2) is 0 Å². The summed E-state index contributed by atoms with van der Waals surface area (Å²) in [5, 5.41) is 3.58. The number of piperidine rings is 1. The number of ether oxygens (including phenoxy) is 1. The van der Waals surface area contributed by atoms with Gasteiger partial charge >= 0.3 is 0 Å². The second-order valence-corrected chi connectivity index (χ2v) is 8.79. The second-order valence-electron chi connectivity index (χ2n) is 6.85. The van der Waals surface area contributed by atoms with Crippen molar-refractivity contribution in [3.8, 4) is 5.75 Å². The highest BCUT2D eigenvalue weighted by Crippen LogP contribution is 2.28. The van der Waals surface area contributed by atoms with Gasteiger partial charge in [0, 0.05) is 19.1 Å². The molecule has 1 aromatic carbocycles. The molecular weight excluding hydrogens is 360 g/mol. The van der Waals surface area contributed by atoms with E-state index < -0.39 is 10.0 Å². The van der Waals surface area contributed by atoms with Gasteiger partial charge in [-0.15, -0.1) is 12.4 Å². The molecule has 1 heterocycles. The Bertz CT molecular complexity index is 624. The maximum atomic E-state index is 12.8. The molecule has 0 spiro atoms. The lowest BCUT2D eigenvalue weighted by molar-refractivity contribution is 0.288. The highest BCUT2D eigenvalue weighted by atomic mass is 35.5. The van der Waals surface area contributed by atoms with Gasteiger partial charge in [-0.25, -0.2) is 8.42 Å². The number of nitrogens with zero attached hydrogens (tertiary/aromatic N) is 1. The molecule has 1 aromatic rings. The Kier molecular flexibility index (Phi) is 7.55. The molecule has 142 valence electrons. The monoisotopic (exact) mass is 388 g/mol. The van der Waals surface area contributed by atoms with E-state index in [0.29, 0.717) is 30.6 Å². The Morgan fingerprint density at radius 3 is 2.32 bits per heavy atom. The molecule has 5 nitrogen and oxygen atoms in total. The summed E-state index contributed by atoms with van der Waals surface area (Å²) in [6.45, 7) is 4.98. The first kappa shape index (κ1) is 20.5. The molecule has 0 aromatic heterocycles. The van der Waals surface area contributed by atoms with E-state index in [1.165, 1.54) is 12.8 Å². The van der Waals surface area contributed by atoms with Crippen molar-refractivity contribution in [2.24, 2.45) is 5.92 Å². The average Bonchev–Trinajstić information content (AvgIpc) is 3.43. The lowest BCUT2D eigenvalue weighted by atomic mass is 10.1. The van der Waals surface area contributed by atoms with Crippen molar-refractivity contribution >= 4 is 22.4 Å². The summed E-state index contributed by atoms with van der Waals surface area (Å²) < 4.78 is 32.7. The van der Waals surface area contributed by atoms with Crippen molar-refractivity contribution in [2.45, 2.75) is 50.0 Å². The predicted octanol–water partition coefficient (Wildman–Crippen LogP) is 3.05. The number of nitrogens with one attached hydrogen (secondary N) is 1. The molecule has 25 heavy (non-hydrogen) atoms. The molecule has 1 aliphatic heterocycles. The zero-order valence-corrected chi connectivity index (χ0v) is 16.4. The molecule has 1 saturated heterocycles. The van der Waals surface area contributed by atoms with Crippen molar-refractivity contribution < 1.29 is 13.2 Å². The van der Waals surface area contributed by atoms with Crippen LogP contribution < -0.4 is 10.1 Å². The van der Waals surface area contributed by atoms with E-state index in [4.69, 9.17) is 4.74 Å². The molecule has 0 amide bonds. The molecule has 2 aliphatic rings. The van der Waals surface area contributed by atoms with Crippen LogP contribution >= 0.6 is 12.4 Å². The number of hydrogen-bond acceptors (Lipinski definition) is 4. The highest BCUT2D eigenvalue weighted by molar-refractivity contribution is 7.89. The third-order valence-electron chi connectivity index (χ3n) is 4.78. The van der Waals surface area contributed by atoms with Crippen molar-refractivity contribution in [1.82, 2.24) is 9.62 Å². The van der Waals surface area contributed by atoms with Crippen LogP contribution in [0.3, 0.4) is 0 Å². The van der Waals surface area contributed by atoms with Gasteiger partial charge in [-0.3, -0.25) is 0 Å². The second kappa shape index (κ2) is 9.21. The Morgan fingerprint density at radius 2 is 1.76 bits per heavy atom. The van der Waals surface area contributed by atoms with Crippen molar-refractivity contribution in [2.75, 3.05) is 26.2 Å². The fraction of sp³-hybridized carbons (Fsp3) is 0.667. The van der Waals surface area contributed by atoms with Crippen LogP contribution in [0.4, 0.5) is 0 Å². The first-order valence-electron chi connectivity index (χ1n) is 9.06. The fourth-order valence-electron chi connectivity index (χ4n) is 3.03. The van der Waals surface area contributed by atoms with Crippen LogP contribution in [0, 0.1) is 5.92 Å². The van der Waals surface area contributed by atoms with Gasteiger partial charge in [0.2, 0.25) is 10.0 Å². The summed E-state index contributed by atoms with van der Waals surface area (Å²) >= 11 is 0. The summed E-state index contributed by atoms with van der Waals surface area (Å²) in [4.78, 5) is 0.357. The Labute approximate surface area is 157 Å². The van der Waals surface area contributed by atoms with Crippen LogP contribution in [0.2, 0.25) is 0 Å². The summed E-state index contributed by atoms with van der Waals surface area (Å²) in [6.07, 6.45) is 5.41. The molecule has 3 rings (SSSR count). The molecule has 0 bridgehead atoms. The van der Waals surface area contributed by atoms with Crippen LogP contribution in [0.15, 0.2) is 29.2 Å². The van der Waals surface area contributed by atoms with E-state index in [2.05, 4.69) is 5.32 Å². The van der Waals surface area contributed by atoms with Crippen LogP contribution in [-0.2, 0) is 10.0 Å². The predicted molar refractivity (Wildman–Crippen MR) is 102 cm³/mol. The first-order chi connectivity index (χ1) is 11.6. The van der Waals surface area contributed by atoms with E-state index in [1.807, 2.05) is 6.92 Å². The molecular formula is C18H29ClN2O3S. The van der Waals surface area contributed by atoms with Crippen LogP contribution in [-0.4, -0.2) is 45.0 Å². The molecule has 1 N–H and O–H groups in total. The highest BCUT2D eigenvalue weighted by Gasteiger charge is 2.30. The van der Waals surface area contributed by atoms with Gasteiger partial charge in [-0.05, 0) is 68.8 Å². The normalized spacial score (nSPS) is 19.4. The van der Waals surface area contributed by atoms with E-state index in [0.717, 1.165) is 37.5 Å². The minimum Gasteiger partial charge on any atom is -0.494 e. The molecule has 0 atom stereocenters. The van der Waals surface area contributed by atoms with Gasteiger partial charge < -0.3 is 10.1 Å². The summed E-state index contributed by atoms with van der Waals surface area (Å²) in [7, 11) is -3.39. The number of hydrogen-bond donors (Lipinski definition) is 1. The van der Waals surface area contributed by atoms with Crippen LogP contribution in [0.5, 0.6) is 5.75 Å². The quantitative estimate of drug-likeness (QED) is 0.743. The average molecular weight is 389 g/mol. The number of benzene rings is 1. The van der Waals surface area contributed by atoms with Gasteiger partial charge in [-0.1, -0.05) is 6.92 Å². The minimum atomic E-state index is -3.39. The SMILES string of the molecule is CCCOc1ccc(S(=O)(=O)N2CCC(NCC3CC3)CC2)cc1.Cl. The van der Waals surface area contributed by atoms with E-state index in [-0.39, 0.29) is 12.4 Å².